The van der Waals surface area contributed by atoms with Crippen molar-refractivity contribution in [2.75, 3.05) is 0 Å². The van der Waals surface area contributed by atoms with Crippen LogP contribution in [0.1, 0.15) is 25.7 Å². The molecule has 0 atom stereocenters. The first kappa shape index (κ1) is 5.05. The predicted molar refractivity (Wildman–Crippen MR) is 34.6 cm³/mol. The molecule has 0 radical (unpaired) electrons. The lowest BCUT2D eigenvalue weighted by molar-refractivity contribution is 0.612. The van der Waals surface area contributed by atoms with Crippen LogP contribution in [0.2, 0.25) is 0 Å². The van der Waals surface area contributed by atoms with Gasteiger partial charge in [0.2, 0.25) is 0 Å². The van der Waals surface area contributed by atoms with Crippen LogP contribution in [0.3, 0.4) is 0 Å². The summed E-state index contributed by atoms with van der Waals surface area (Å²) in [5.74, 6) is 0. The van der Waals surface area contributed by atoms with E-state index in [1.165, 1.54) is 19.3 Å². The van der Waals surface area contributed by atoms with Crippen molar-refractivity contribution < 1.29 is 0 Å². The van der Waals surface area contributed by atoms with Crippen molar-refractivity contribution in [3.05, 3.63) is 11.6 Å². The average Bonchev–Trinajstić information content (AvgIpc) is 2.45. The third kappa shape index (κ3) is 0.535. The Balaban J connectivity index is 2.30. The van der Waals surface area contributed by atoms with Crippen LogP contribution in [0.15, 0.2) is 11.6 Å². The highest BCUT2D eigenvalue weighted by atomic mass is 14.5. The summed E-state index contributed by atoms with van der Waals surface area (Å²) in [5, 5.41) is 8.62. The highest BCUT2D eigenvalue weighted by molar-refractivity contribution is 5.37. The summed E-state index contributed by atoms with van der Waals surface area (Å²) in [4.78, 5) is 0. The zero-order valence-electron chi connectivity index (χ0n) is 5.35. The Kier molecular flexibility index (Phi) is 0.778. The second kappa shape index (κ2) is 1.39. The lowest BCUT2D eigenvalue weighted by atomic mass is 10.00. The van der Waals surface area contributed by atoms with Crippen LogP contribution in [0, 0.1) is 16.7 Å². The van der Waals surface area contributed by atoms with Gasteiger partial charge in [-0.1, -0.05) is 6.08 Å². The Morgan fingerprint density at radius 1 is 1.44 bits per heavy atom. The molecular weight excluding hydrogens is 110 g/mol. The van der Waals surface area contributed by atoms with E-state index in [4.69, 9.17) is 5.26 Å². The van der Waals surface area contributed by atoms with Crippen LogP contribution in [-0.4, -0.2) is 0 Å². The van der Waals surface area contributed by atoms with E-state index in [9.17, 15) is 0 Å². The normalized spacial score (nSPS) is 27.7. The minimum atomic E-state index is 0.411. The Labute approximate surface area is 55.0 Å². The van der Waals surface area contributed by atoms with E-state index in [1.54, 1.807) is 0 Å². The molecule has 46 valence electrons. The number of nitriles is 1. The first-order valence-electron chi connectivity index (χ1n) is 3.48. The first-order chi connectivity index (χ1) is 4.37. The molecule has 1 heteroatoms. The SMILES string of the molecule is N#CC1=CCCC12CC2. The van der Waals surface area contributed by atoms with Crippen molar-refractivity contribution in [2.45, 2.75) is 25.7 Å². The molecule has 2 rings (SSSR count). The maximum Gasteiger partial charge on any atom is 0.0949 e. The third-order valence-corrected chi connectivity index (χ3v) is 2.52. The van der Waals surface area contributed by atoms with Gasteiger partial charge in [0, 0.05) is 11.0 Å². The number of hydrogen-bond donors (Lipinski definition) is 0. The Morgan fingerprint density at radius 2 is 2.22 bits per heavy atom. The fourth-order valence-electron chi connectivity index (χ4n) is 1.68. The standard InChI is InChI=1S/C8H9N/c9-6-7-2-1-3-8(7)4-5-8/h2H,1,3-5H2. The molecule has 1 spiro atoms. The van der Waals surface area contributed by atoms with Gasteiger partial charge >= 0.3 is 0 Å². The van der Waals surface area contributed by atoms with Crippen molar-refractivity contribution in [3.8, 4) is 6.07 Å². The second-order valence-corrected chi connectivity index (χ2v) is 3.05. The van der Waals surface area contributed by atoms with Crippen molar-refractivity contribution in [1.82, 2.24) is 0 Å². The molecule has 0 unspecified atom stereocenters. The van der Waals surface area contributed by atoms with Gasteiger partial charge in [-0.3, -0.25) is 0 Å². The number of hydrogen-bond acceptors (Lipinski definition) is 1. The average molecular weight is 119 g/mol. The van der Waals surface area contributed by atoms with Crippen LogP contribution >= 0.6 is 0 Å². The predicted octanol–water partition coefficient (Wildman–Crippen LogP) is 2.01. The molecule has 0 saturated heterocycles. The van der Waals surface area contributed by atoms with E-state index in [1.807, 2.05) is 0 Å². The Hall–Kier alpha value is -0.770. The Bertz CT molecular complexity index is 203. The van der Waals surface area contributed by atoms with Crippen LogP contribution in [0.5, 0.6) is 0 Å². The molecule has 9 heavy (non-hydrogen) atoms. The van der Waals surface area contributed by atoms with Gasteiger partial charge in [-0.05, 0) is 25.7 Å². The largest absolute Gasteiger partial charge is 0.193 e. The van der Waals surface area contributed by atoms with Crippen LogP contribution in [-0.2, 0) is 0 Å². The molecule has 1 fully saturated rings. The summed E-state index contributed by atoms with van der Waals surface area (Å²) in [6.45, 7) is 0. The third-order valence-electron chi connectivity index (χ3n) is 2.52. The zero-order valence-corrected chi connectivity index (χ0v) is 5.35. The lowest BCUT2D eigenvalue weighted by Gasteiger charge is -2.01. The van der Waals surface area contributed by atoms with Gasteiger partial charge in [0.1, 0.15) is 0 Å². The monoisotopic (exact) mass is 119 g/mol. The fourth-order valence-corrected chi connectivity index (χ4v) is 1.68. The first-order valence-corrected chi connectivity index (χ1v) is 3.48. The van der Waals surface area contributed by atoms with Gasteiger partial charge in [-0.2, -0.15) is 5.26 Å². The van der Waals surface area contributed by atoms with Crippen molar-refractivity contribution in [3.63, 3.8) is 0 Å². The van der Waals surface area contributed by atoms with Crippen molar-refractivity contribution in [1.29, 1.82) is 5.26 Å². The van der Waals surface area contributed by atoms with E-state index < -0.39 is 0 Å². The topological polar surface area (TPSA) is 23.8 Å². The van der Waals surface area contributed by atoms with E-state index >= 15 is 0 Å². The van der Waals surface area contributed by atoms with E-state index in [-0.39, 0.29) is 0 Å². The van der Waals surface area contributed by atoms with Gasteiger partial charge in [-0.15, -0.1) is 0 Å². The summed E-state index contributed by atoms with van der Waals surface area (Å²) in [6, 6.07) is 2.28. The minimum absolute atomic E-state index is 0.411. The summed E-state index contributed by atoms with van der Waals surface area (Å²) in [7, 11) is 0. The zero-order chi connectivity index (χ0) is 6.32. The molecule has 0 aliphatic heterocycles. The number of allylic oxidation sites excluding steroid dienone is 2. The van der Waals surface area contributed by atoms with E-state index in [0.717, 1.165) is 12.0 Å². The number of nitrogens with zero attached hydrogens (tertiary/aromatic N) is 1. The molecule has 0 aromatic rings. The van der Waals surface area contributed by atoms with Crippen molar-refractivity contribution >= 4 is 0 Å². The van der Waals surface area contributed by atoms with Gasteiger partial charge in [0.25, 0.3) is 0 Å². The molecule has 0 bridgehead atoms. The molecule has 0 N–H and O–H groups in total. The van der Waals surface area contributed by atoms with Crippen LogP contribution in [0.4, 0.5) is 0 Å². The van der Waals surface area contributed by atoms with Crippen LogP contribution < -0.4 is 0 Å². The van der Waals surface area contributed by atoms with Gasteiger partial charge in [-0.25, -0.2) is 0 Å². The quantitative estimate of drug-likeness (QED) is 0.478. The molecule has 0 amide bonds. The van der Waals surface area contributed by atoms with Crippen LogP contribution in [0.25, 0.3) is 0 Å². The molecular formula is C8H9N. The molecule has 1 saturated carbocycles. The van der Waals surface area contributed by atoms with Gasteiger partial charge < -0.3 is 0 Å². The van der Waals surface area contributed by atoms with Gasteiger partial charge in [0.05, 0.1) is 6.07 Å². The van der Waals surface area contributed by atoms with Gasteiger partial charge in [0.15, 0.2) is 0 Å². The fraction of sp³-hybridized carbons (Fsp3) is 0.625. The summed E-state index contributed by atoms with van der Waals surface area (Å²) in [5.41, 5.74) is 1.48. The molecule has 0 aromatic heterocycles. The summed E-state index contributed by atoms with van der Waals surface area (Å²) < 4.78 is 0. The highest BCUT2D eigenvalue weighted by Crippen LogP contribution is 2.58. The van der Waals surface area contributed by atoms with E-state index in [2.05, 4.69) is 12.1 Å². The molecule has 2 aliphatic carbocycles. The van der Waals surface area contributed by atoms with Crippen molar-refractivity contribution in [2.24, 2.45) is 5.41 Å². The highest BCUT2D eigenvalue weighted by Gasteiger charge is 2.47. The number of rotatable bonds is 0. The summed E-state index contributed by atoms with van der Waals surface area (Å²) in [6.07, 6.45) is 7.03. The maximum absolute atomic E-state index is 8.62. The van der Waals surface area contributed by atoms with E-state index in [0.29, 0.717) is 5.41 Å². The smallest absolute Gasteiger partial charge is 0.0949 e. The second-order valence-electron chi connectivity index (χ2n) is 3.05. The minimum Gasteiger partial charge on any atom is -0.193 e. The molecule has 0 heterocycles. The Morgan fingerprint density at radius 3 is 2.67 bits per heavy atom. The molecule has 0 aromatic carbocycles. The summed E-state index contributed by atoms with van der Waals surface area (Å²) >= 11 is 0. The molecule has 1 nitrogen and oxygen atoms in total. The molecule has 2 aliphatic rings. The lowest BCUT2D eigenvalue weighted by Crippen LogP contribution is -1.94. The maximum atomic E-state index is 8.62.